The lowest BCUT2D eigenvalue weighted by atomic mass is 10.1. The summed E-state index contributed by atoms with van der Waals surface area (Å²) >= 11 is 0. The van der Waals surface area contributed by atoms with Crippen LogP contribution in [0.15, 0.2) is 42.5 Å². The van der Waals surface area contributed by atoms with E-state index in [-0.39, 0.29) is 6.10 Å². The Morgan fingerprint density at radius 1 is 1.27 bits per heavy atom. The minimum atomic E-state index is -0.396. The van der Waals surface area contributed by atoms with Crippen LogP contribution >= 0.6 is 0 Å². The minimum Gasteiger partial charge on any atom is -0.487 e. The van der Waals surface area contributed by atoms with E-state index >= 15 is 0 Å². The van der Waals surface area contributed by atoms with E-state index in [2.05, 4.69) is 36.9 Å². The number of hydrogen-bond acceptors (Lipinski definition) is 3. The van der Waals surface area contributed by atoms with Crippen LogP contribution in [-0.4, -0.2) is 18.6 Å². The molecule has 0 aromatic heterocycles. The van der Waals surface area contributed by atoms with Gasteiger partial charge in [-0.1, -0.05) is 18.2 Å². The average molecular weight is 296 g/mol. The van der Waals surface area contributed by atoms with E-state index in [1.807, 2.05) is 12.1 Å². The first-order valence-electron chi connectivity index (χ1n) is 7.44. The number of benzene rings is 2. The van der Waals surface area contributed by atoms with Crippen molar-refractivity contribution in [1.82, 2.24) is 0 Å². The van der Waals surface area contributed by atoms with Gasteiger partial charge in [0.25, 0.3) is 0 Å². The highest BCUT2D eigenvalue weighted by molar-refractivity contribution is 5.92. The van der Waals surface area contributed by atoms with Crippen molar-refractivity contribution in [3.05, 3.63) is 59.2 Å². The van der Waals surface area contributed by atoms with E-state index in [1.165, 1.54) is 5.56 Å². The smallest absolute Gasteiger partial charge is 0.248 e. The Labute approximate surface area is 130 Å². The molecule has 0 saturated heterocycles. The Bertz CT molecular complexity index is 695. The summed E-state index contributed by atoms with van der Waals surface area (Å²) < 4.78 is 5.93. The predicted octanol–water partition coefficient (Wildman–Crippen LogP) is 2.88. The molecule has 2 aromatic rings. The number of hydrogen-bond donors (Lipinski definition) is 1. The number of rotatable bonds is 3. The van der Waals surface area contributed by atoms with Gasteiger partial charge < -0.3 is 15.4 Å². The molecule has 1 atom stereocenters. The van der Waals surface area contributed by atoms with Gasteiger partial charge in [-0.3, -0.25) is 4.79 Å². The Balaban J connectivity index is 1.85. The lowest BCUT2D eigenvalue weighted by Crippen LogP contribution is -2.38. The van der Waals surface area contributed by atoms with Crippen molar-refractivity contribution in [2.24, 2.45) is 5.73 Å². The summed E-state index contributed by atoms with van der Waals surface area (Å²) in [5.74, 6) is 0.542. The zero-order valence-corrected chi connectivity index (χ0v) is 12.9. The molecule has 1 aliphatic heterocycles. The fourth-order valence-electron chi connectivity index (χ4n) is 2.78. The van der Waals surface area contributed by atoms with Crippen LogP contribution in [0.2, 0.25) is 0 Å². The van der Waals surface area contributed by atoms with Crippen molar-refractivity contribution in [2.75, 3.05) is 11.4 Å². The van der Waals surface area contributed by atoms with Crippen molar-refractivity contribution in [3.8, 4) is 5.75 Å². The number of carbonyl (C=O) groups is 1. The average Bonchev–Trinajstić information content (AvgIpc) is 2.47. The standard InChI is InChI=1S/C18H20N2O2/c1-12-3-8-16-17(9-12)22-13(2)10-20(16)11-14-4-6-15(7-5-14)18(19)21/h3-9,13H,10-11H2,1-2H3,(H2,19,21)/t13-/m1/s1. The third kappa shape index (κ3) is 2.91. The molecule has 1 heterocycles. The topological polar surface area (TPSA) is 55.6 Å². The highest BCUT2D eigenvalue weighted by atomic mass is 16.5. The van der Waals surface area contributed by atoms with Gasteiger partial charge in [-0.15, -0.1) is 0 Å². The zero-order chi connectivity index (χ0) is 15.7. The Morgan fingerprint density at radius 3 is 2.68 bits per heavy atom. The van der Waals surface area contributed by atoms with Gasteiger partial charge in [0.15, 0.2) is 0 Å². The van der Waals surface area contributed by atoms with Crippen LogP contribution in [-0.2, 0) is 6.54 Å². The molecule has 0 bridgehead atoms. The number of carbonyl (C=O) groups excluding carboxylic acids is 1. The molecule has 22 heavy (non-hydrogen) atoms. The van der Waals surface area contributed by atoms with Crippen molar-refractivity contribution >= 4 is 11.6 Å². The monoisotopic (exact) mass is 296 g/mol. The van der Waals surface area contributed by atoms with E-state index in [9.17, 15) is 4.79 Å². The van der Waals surface area contributed by atoms with Crippen molar-refractivity contribution in [3.63, 3.8) is 0 Å². The zero-order valence-electron chi connectivity index (χ0n) is 12.9. The van der Waals surface area contributed by atoms with Gasteiger partial charge >= 0.3 is 0 Å². The molecule has 4 nitrogen and oxygen atoms in total. The number of anilines is 1. The van der Waals surface area contributed by atoms with Crippen LogP contribution in [0.1, 0.15) is 28.4 Å². The fourth-order valence-corrected chi connectivity index (χ4v) is 2.78. The van der Waals surface area contributed by atoms with E-state index in [0.29, 0.717) is 5.56 Å². The first-order chi connectivity index (χ1) is 10.5. The van der Waals surface area contributed by atoms with Gasteiger partial charge in [-0.25, -0.2) is 0 Å². The highest BCUT2D eigenvalue weighted by Gasteiger charge is 2.22. The molecule has 2 N–H and O–H groups in total. The predicted molar refractivity (Wildman–Crippen MR) is 87.3 cm³/mol. The molecule has 0 fully saturated rings. The summed E-state index contributed by atoms with van der Waals surface area (Å²) in [6.07, 6.45) is 0.152. The maximum absolute atomic E-state index is 11.1. The molecule has 1 amide bonds. The SMILES string of the molecule is Cc1ccc2c(c1)O[C@H](C)CN2Cc1ccc(C(N)=O)cc1. The second kappa shape index (κ2) is 5.72. The molecular weight excluding hydrogens is 276 g/mol. The quantitative estimate of drug-likeness (QED) is 0.947. The fraction of sp³-hybridized carbons (Fsp3) is 0.278. The molecule has 0 spiro atoms. The van der Waals surface area contributed by atoms with Crippen LogP contribution in [0.5, 0.6) is 5.75 Å². The first kappa shape index (κ1) is 14.4. The Morgan fingerprint density at radius 2 is 2.00 bits per heavy atom. The van der Waals surface area contributed by atoms with Crippen LogP contribution in [0.3, 0.4) is 0 Å². The summed E-state index contributed by atoms with van der Waals surface area (Å²) in [5, 5.41) is 0. The van der Waals surface area contributed by atoms with Gasteiger partial charge in [-0.2, -0.15) is 0 Å². The van der Waals surface area contributed by atoms with Crippen LogP contribution in [0.4, 0.5) is 5.69 Å². The number of amides is 1. The third-order valence-corrected chi connectivity index (χ3v) is 3.87. The molecule has 4 heteroatoms. The van der Waals surface area contributed by atoms with Crippen molar-refractivity contribution in [1.29, 1.82) is 0 Å². The lowest BCUT2D eigenvalue weighted by molar-refractivity contribution is 0.100. The van der Waals surface area contributed by atoms with E-state index in [1.54, 1.807) is 12.1 Å². The van der Waals surface area contributed by atoms with E-state index in [4.69, 9.17) is 10.5 Å². The first-order valence-corrected chi connectivity index (χ1v) is 7.44. The minimum absolute atomic E-state index is 0.152. The van der Waals surface area contributed by atoms with E-state index in [0.717, 1.165) is 30.1 Å². The van der Waals surface area contributed by atoms with Gasteiger partial charge in [0, 0.05) is 12.1 Å². The van der Waals surface area contributed by atoms with E-state index < -0.39 is 5.91 Å². The highest BCUT2D eigenvalue weighted by Crippen LogP contribution is 2.35. The molecule has 0 saturated carbocycles. The van der Waals surface area contributed by atoms with Gasteiger partial charge in [-0.05, 0) is 49.2 Å². The molecule has 114 valence electrons. The molecule has 2 aromatic carbocycles. The molecule has 1 aliphatic rings. The second-order valence-corrected chi connectivity index (χ2v) is 5.84. The number of primary amides is 1. The number of aryl methyl sites for hydroxylation is 1. The summed E-state index contributed by atoms with van der Waals surface area (Å²) in [6, 6.07) is 13.7. The van der Waals surface area contributed by atoms with Crippen molar-refractivity contribution < 1.29 is 9.53 Å². The lowest BCUT2D eigenvalue weighted by Gasteiger charge is -2.35. The Hall–Kier alpha value is -2.49. The maximum Gasteiger partial charge on any atom is 0.248 e. The summed E-state index contributed by atoms with van der Waals surface area (Å²) in [7, 11) is 0. The molecule has 3 rings (SSSR count). The van der Waals surface area contributed by atoms with Gasteiger partial charge in [0.1, 0.15) is 11.9 Å². The normalized spacial score (nSPS) is 16.8. The second-order valence-electron chi connectivity index (χ2n) is 5.84. The van der Waals surface area contributed by atoms with Gasteiger partial charge in [0.2, 0.25) is 5.91 Å². The molecular formula is C18H20N2O2. The number of nitrogens with two attached hydrogens (primary N) is 1. The number of fused-ring (bicyclic) bond motifs is 1. The molecule has 0 radical (unpaired) electrons. The summed E-state index contributed by atoms with van der Waals surface area (Å²) in [6.45, 7) is 5.76. The maximum atomic E-state index is 11.1. The molecule has 0 unspecified atom stereocenters. The summed E-state index contributed by atoms with van der Waals surface area (Å²) in [5.41, 5.74) is 9.27. The molecule has 0 aliphatic carbocycles. The van der Waals surface area contributed by atoms with Crippen molar-refractivity contribution in [2.45, 2.75) is 26.5 Å². The third-order valence-electron chi connectivity index (χ3n) is 3.87. The van der Waals surface area contributed by atoms with Gasteiger partial charge in [0.05, 0.1) is 12.2 Å². The Kier molecular flexibility index (Phi) is 3.75. The van der Waals surface area contributed by atoms with Crippen LogP contribution in [0, 0.1) is 6.92 Å². The number of ether oxygens (including phenoxy) is 1. The number of nitrogens with zero attached hydrogens (tertiary/aromatic N) is 1. The van der Waals surface area contributed by atoms with Crippen LogP contribution in [0.25, 0.3) is 0 Å². The van der Waals surface area contributed by atoms with Crippen LogP contribution < -0.4 is 15.4 Å². The summed E-state index contributed by atoms with van der Waals surface area (Å²) in [4.78, 5) is 13.4. The largest absolute Gasteiger partial charge is 0.487 e.